The normalized spacial score (nSPS) is 21.3. The molecule has 0 radical (unpaired) electrons. The summed E-state index contributed by atoms with van der Waals surface area (Å²) in [6, 6.07) is 0. The number of nitrogens with zero attached hydrogens (tertiary/aromatic N) is 1. The molecule has 3 nitrogen and oxygen atoms in total. The van der Waals surface area contributed by atoms with Crippen molar-refractivity contribution in [2.24, 2.45) is 5.92 Å². The van der Waals surface area contributed by atoms with Crippen LogP contribution in [0.25, 0.3) is 0 Å². The van der Waals surface area contributed by atoms with Crippen LogP contribution in [0.4, 0.5) is 0 Å². The standard InChI is InChI=1S/C9H18BrNO2S/c1-2-7-14(12,13)11-5-3-9(8-10)4-6-11/h9H,2-8H2,1H3. The molecule has 1 aliphatic heterocycles. The van der Waals surface area contributed by atoms with E-state index < -0.39 is 10.0 Å². The summed E-state index contributed by atoms with van der Waals surface area (Å²) in [7, 11) is -2.95. The number of sulfonamides is 1. The molecule has 1 heterocycles. The Morgan fingerprint density at radius 3 is 2.36 bits per heavy atom. The average Bonchev–Trinajstić information content (AvgIpc) is 2.18. The van der Waals surface area contributed by atoms with E-state index in [1.54, 1.807) is 4.31 Å². The second-order valence-corrected chi connectivity index (χ2v) is 6.55. The van der Waals surface area contributed by atoms with Crippen molar-refractivity contribution in [3.05, 3.63) is 0 Å². The van der Waals surface area contributed by atoms with Crippen LogP contribution in [0.5, 0.6) is 0 Å². The third-order valence-corrected chi connectivity index (χ3v) is 5.64. The summed E-state index contributed by atoms with van der Waals surface area (Å²) in [5.74, 6) is 0.953. The minimum Gasteiger partial charge on any atom is -0.212 e. The summed E-state index contributed by atoms with van der Waals surface area (Å²) in [4.78, 5) is 0. The molecule has 0 N–H and O–H groups in total. The molecule has 0 amide bonds. The largest absolute Gasteiger partial charge is 0.214 e. The topological polar surface area (TPSA) is 37.4 Å². The van der Waals surface area contributed by atoms with Crippen LogP contribution in [-0.2, 0) is 10.0 Å². The van der Waals surface area contributed by atoms with Gasteiger partial charge in [-0.2, -0.15) is 0 Å². The number of hydrogen-bond acceptors (Lipinski definition) is 2. The minimum atomic E-state index is -2.95. The summed E-state index contributed by atoms with van der Waals surface area (Å²) in [6.45, 7) is 3.32. The van der Waals surface area contributed by atoms with Crippen LogP contribution in [0.2, 0.25) is 0 Å². The van der Waals surface area contributed by atoms with Gasteiger partial charge in [-0.05, 0) is 25.2 Å². The Morgan fingerprint density at radius 2 is 1.93 bits per heavy atom. The third kappa shape index (κ3) is 3.21. The summed E-state index contributed by atoms with van der Waals surface area (Å²) >= 11 is 3.44. The van der Waals surface area contributed by atoms with Gasteiger partial charge in [-0.1, -0.05) is 22.9 Å². The van der Waals surface area contributed by atoms with E-state index in [1.807, 2.05) is 6.92 Å². The molecule has 0 aromatic heterocycles. The molecular formula is C9H18BrNO2S. The summed E-state index contributed by atoms with van der Waals surface area (Å²) < 4.78 is 25.0. The van der Waals surface area contributed by atoms with Gasteiger partial charge >= 0.3 is 0 Å². The Hall–Kier alpha value is 0.390. The maximum atomic E-state index is 11.7. The van der Waals surface area contributed by atoms with Gasteiger partial charge in [0.25, 0.3) is 0 Å². The molecule has 1 fully saturated rings. The molecule has 0 aromatic rings. The predicted molar refractivity (Wildman–Crippen MR) is 62.2 cm³/mol. The van der Waals surface area contributed by atoms with Gasteiger partial charge in [0.1, 0.15) is 0 Å². The SMILES string of the molecule is CCCS(=O)(=O)N1CCC(CBr)CC1. The van der Waals surface area contributed by atoms with Crippen molar-refractivity contribution >= 4 is 26.0 Å². The fourth-order valence-corrected chi connectivity index (χ4v) is 3.92. The Labute approximate surface area is 95.0 Å². The highest BCUT2D eigenvalue weighted by Crippen LogP contribution is 2.21. The molecule has 1 rings (SSSR count). The van der Waals surface area contributed by atoms with E-state index in [0.717, 1.165) is 18.2 Å². The van der Waals surface area contributed by atoms with Gasteiger partial charge in [0.15, 0.2) is 0 Å². The van der Waals surface area contributed by atoms with Crippen molar-refractivity contribution in [3.63, 3.8) is 0 Å². The van der Waals surface area contributed by atoms with Crippen LogP contribution < -0.4 is 0 Å². The van der Waals surface area contributed by atoms with E-state index in [-0.39, 0.29) is 0 Å². The molecule has 84 valence electrons. The molecule has 5 heteroatoms. The number of piperidine rings is 1. The van der Waals surface area contributed by atoms with Gasteiger partial charge in [-0.25, -0.2) is 12.7 Å². The van der Waals surface area contributed by atoms with Gasteiger partial charge in [-0.3, -0.25) is 0 Å². The maximum absolute atomic E-state index is 11.7. The van der Waals surface area contributed by atoms with E-state index >= 15 is 0 Å². The molecule has 0 saturated carbocycles. The number of alkyl halides is 1. The smallest absolute Gasteiger partial charge is 0.212 e. The fourth-order valence-electron chi connectivity index (χ4n) is 1.73. The second kappa shape index (κ2) is 5.47. The zero-order valence-corrected chi connectivity index (χ0v) is 11.0. The van der Waals surface area contributed by atoms with Crippen LogP contribution in [-0.4, -0.2) is 36.9 Å². The number of hydrogen-bond donors (Lipinski definition) is 0. The molecule has 0 bridgehead atoms. The van der Waals surface area contributed by atoms with Crippen LogP contribution in [0.3, 0.4) is 0 Å². The fraction of sp³-hybridized carbons (Fsp3) is 1.00. The number of halogens is 1. The average molecular weight is 284 g/mol. The lowest BCUT2D eigenvalue weighted by Gasteiger charge is -2.30. The van der Waals surface area contributed by atoms with Crippen LogP contribution in [0.15, 0.2) is 0 Å². The lowest BCUT2D eigenvalue weighted by Crippen LogP contribution is -2.39. The molecule has 0 spiro atoms. The molecule has 0 unspecified atom stereocenters. The van der Waals surface area contributed by atoms with E-state index in [0.29, 0.717) is 31.2 Å². The highest BCUT2D eigenvalue weighted by Gasteiger charge is 2.26. The third-order valence-electron chi connectivity index (χ3n) is 2.65. The zero-order chi connectivity index (χ0) is 10.6. The van der Waals surface area contributed by atoms with Crippen LogP contribution in [0.1, 0.15) is 26.2 Å². The first-order valence-corrected chi connectivity index (χ1v) is 7.87. The minimum absolute atomic E-state index is 0.298. The van der Waals surface area contributed by atoms with Crippen LogP contribution in [0, 0.1) is 5.92 Å². The monoisotopic (exact) mass is 283 g/mol. The van der Waals surface area contributed by atoms with Crippen molar-refractivity contribution < 1.29 is 8.42 Å². The van der Waals surface area contributed by atoms with Crippen molar-refractivity contribution in [2.75, 3.05) is 24.2 Å². The Kier molecular flexibility index (Phi) is 4.87. The Morgan fingerprint density at radius 1 is 1.36 bits per heavy atom. The molecule has 0 atom stereocenters. The van der Waals surface area contributed by atoms with Crippen molar-refractivity contribution in [2.45, 2.75) is 26.2 Å². The van der Waals surface area contributed by atoms with Crippen LogP contribution >= 0.6 is 15.9 Å². The quantitative estimate of drug-likeness (QED) is 0.739. The van der Waals surface area contributed by atoms with Crippen molar-refractivity contribution in [1.82, 2.24) is 4.31 Å². The highest BCUT2D eigenvalue weighted by molar-refractivity contribution is 9.09. The molecule has 0 aromatic carbocycles. The van der Waals surface area contributed by atoms with Crippen molar-refractivity contribution in [3.8, 4) is 0 Å². The van der Waals surface area contributed by atoms with Gasteiger partial charge < -0.3 is 0 Å². The molecule has 0 aliphatic carbocycles. The highest BCUT2D eigenvalue weighted by atomic mass is 79.9. The zero-order valence-electron chi connectivity index (χ0n) is 8.58. The molecule has 14 heavy (non-hydrogen) atoms. The maximum Gasteiger partial charge on any atom is 0.214 e. The van der Waals surface area contributed by atoms with E-state index in [9.17, 15) is 8.42 Å². The van der Waals surface area contributed by atoms with Gasteiger partial charge in [0, 0.05) is 18.4 Å². The lowest BCUT2D eigenvalue weighted by molar-refractivity contribution is 0.292. The van der Waals surface area contributed by atoms with E-state index in [2.05, 4.69) is 15.9 Å². The second-order valence-electron chi connectivity index (χ2n) is 3.81. The molecule has 1 saturated heterocycles. The lowest BCUT2D eigenvalue weighted by atomic mass is 10.0. The van der Waals surface area contributed by atoms with Gasteiger partial charge in [0.05, 0.1) is 5.75 Å². The molecular weight excluding hydrogens is 266 g/mol. The summed E-state index contributed by atoms with van der Waals surface area (Å²) in [5, 5.41) is 0.995. The number of rotatable bonds is 4. The van der Waals surface area contributed by atoms with E-state index in [4.69, 9.17) is 0 Å². The summed E-state index contributed by atoms with van der Waals surface area (Å²) in [6.07, 6.45) is 2.70. The predicted octanol–water partition coefficient (Wildman–Crippen LogP) is 1.83. The molecule has 1 aliphatic rings. The first-order valence-electron chi connectivity index (χ1n) is 5.14. The van der Waals surface area contributed by atoms with Gasteiger partial charge in [-0.15, -0.1) is 0 Å². The van der Waals surface area contributed by atoms with Crippen molar-refractivity contribution in [1.29, 1.82) is 0 Å². The van der Waals surface area contributed by atoms with Gasteiger partial charge in [0.2, 0.25) is 10.0 Å². The first kappa shape index (κ1) is 12.5. The van der Waals surface area contributed by atoms with E-state index in [1.165, 1.54) is 0 Å². The Balaban J connectivity index is 2.49. The summed E-state index contributed by atoms with van der Waals surface area (Å²) in [5.41, 5.74) is 0. The first-order chi connectivity index (χ1) is 6.60. The Bertz CT molecular complexity index is 258.